The fraction of sp³-hybridized carbons (Fsp3) is 0.471. The van der Waals surface area contributed by atoms with Crippen LogP contribution in [0.2, 0.25) is 0 Å². The monoisotopic (exact) mass is 314 g/mol. The van der Waals surface area contributed by atoms with E-state index in [9.17, 15) is 0 Å². The molecule has 0 fully saturated rings. The minimum Gasteiger partial charge on any atom is -0.352 e. The van der Waals surface area contributed by atoms with E-state index in [-0.39, 0.29) is 12.1 Å². The zero-order valence-corrected chi connectivity index (χ0v) is 14.7. The van der Waals surface area contributed by atoms with E-state index in [1.165, 1.54) is 11.1 Å². The van der Waals surface area contributed by atoms with E-state index in [4.69, 9.17) is 5.26 Å². The second kappa shape index (κ2) is 8.79. The largest absolute Gasteiger partial charge is 0.352 e. The number of hydrogen-bond donors (Lipinski definition) is 3. The van der Waals surface area contributed by atoms with Crippen LogP contribution in [0.15, 0.2) is 28.2 Å². The summed E-state index contributed by atoms with van der Waals surface area (Å²) < 4.78 is 0. The van der Waals surface area contributed by atoms with Gasteiger partial charge in [0.1, 0.15) is 0 Å². The molecule has 0 spiro atoms. The van der Waals surface area contributed by atoms with Crippen LogP contribution in [-0.4, -0.2) is 24.0 Å². The lowest BCUT2D eigenvalue weighted by molar-refractivity contribution is 0.713. The first-order valence-electron chi connectivity index (χ1n) is 7.74. The molecule has 1 rings (SSSR count). The van der Waals surface area contributed by atoms with Gasteiger partial charge in [-0.1, -0.05) is 6.07 Å². The highest BCUT2D eigenvalue weighted by Gasteiger charge is 2.06. The molecule has 0 saturated heterocycles. The van der Waals surface area contributed by atoms with Crippen molar-refractivity contribution >= 4 is 17.6 Å². The van der Waals surface area contributed by atoms with Crippen LogP contribution in [0.25, 0.3) is 0 Å². The number of aliphatic imine (C=N–C) groups is 2. The lowest BCUT2D eigenvalue weighted by Crippen LogP contribution is -2.34. The highest BCUT2D eigenvalue weighted by molar-refractivity contribution is 6.02. The number of benzene rings is 1. The highest BCUT2D eigenvalue weighted by Crippen LogP contribution is 2.13. The van der Waals surface area contributed by atoms with Gasteiger partial charge in [-0.05, 0) is 64.8 Å². The quantitative estimate of drug-likeness (QED) is 0.347. The number of guanidine groups is 2. The van der Waals surface area contributed by atoms with Crippen LogP contribution in [0, 0.1) is 25.3 Å². The molecule has 0 aliphatic rings. The highest BCUT2D eigenvalue weighted by atomic mass is 15.2. The number of rotatable bonds is 3. The van der Waals surface area contributed by atoms with Crippen molar-refractivity contribution in [3.8, 4) is 6.19 Å². The summed E-state index contributed by atoms with van der Waals surface area (Å²) in [5.74, 6) is 0.826. The first-order valence-corrected chi connectivity index (χ1v) is 7.74. The standard InChI is InChI=1S/C17H26N6/c1-11(2)20-17(21-12(3)4)23-16(19-10-18)22-15-8-7-13(5)14(6)9-15/h7-9,11-12H,1-6H3,(H3,19,20,21,22,23). The van der Waals surface area contributed by atoms with Crippen LogP contribution in [0.3, 0.4) is 0 Å². The van der Waals surface area contributed by atoms with Gasteiger partial charge in [-0.2, -0.15) is 10.3 Å². The summed E-state index contributed by atoms with van der Waals surface area (Å²) in [5.41, 5.74) is 3.25. The summed E-state index contributed by atoms with van der Waals surface area (Å²) in [6.07, 6.45) is 1.90. The number of hydrogen-bond acceptors (Lipinski definition) is 2. The Morgan fingerprint density at radius 3 is 2.35 bits per heavy atom. The fourth-order valence-electron chi connectivity index (χ4n) is 1.80. The average Bonchev–Trinajstić information content (AvgIpc) is 2.41. The van der Waals surface area contributed by atoms with Crippen LogP contribution >= 0.6 is 0 Å². The Labute approximate surface area is 138 Å². The van der Waals surface area contributed by atoms with Crippen LogP contribution in [0.5, 0.6) is 0 Å². The normalized spacial score (nSPS) is 12.3. The van der Waals surface area contributed by atoms with E-state index in [1.54, 1.807) is 0 Å². The molecule has 1 aromatic rings. The number of nitriles is 1. The molecule has 0 aliphatic carbocycles. The van der Waals surface area contributed by atoms with Gasteiger partial charge >= 0.3 is 0 Å². The van der Waals surface area contributed by atoms with Crippen molar-refractivity contribution in [2.24, 2.45) is 9.98 Å². The molecule has 0 atom stereocenters. The topological polar surface area (TPSA) is 84.6 Å². The summed E-state index contributed by atoms with van der Waals surface area (Å²) in [5, 5.41) is 17.8. The number of aryl methyl sites for hydroxylation is 2. The third-order valence-corrected chi connectivity index (χ3v) is 2.96. The van der Waals surface area contributed by atoms with Gasteiger partial charge in [0.15, 0.2) is 6.19 Å². The molecular formula is C17H26N6. The van der Waals surface area contributed by atoms with Crippen LogP contribution in [0.4, 0.5) is 5.69 Å². The molecule has 0 aliphatic heterocycles. The van der Waals surface area contributed by atoms with Crippen molar-refractivity contribution in [2.75, 3.05) is 5.32 Å². The minimum atomic E-state index is 0.102. The molecule has 0 heterocycles. The molecule has 23 heavy (non-hydrogen) atoms. The maximum Gasteiger partial charge on any atom is 0.221 e. The van der Waals surface area contributed by atoms with Gasteiger partial charge in [-0.3, -0.25) is 5.32 Å². The lowest BCUT2D eigenvalue weighted by atomic mass is 10.1. The van der Waals surface area contributed by atoms with Crippen molar-refractivity contribution in [1.29, 1.82) is 5.26 Å². The molecule has 0 unspecified atom stereocenters. The zero-order chi connectivity index (χ0) is 17.4. The number of nitrogens with zero attached hydrogens (tertiary/aromatic N) is 3. The third-order valence-electron chi connectivity index (χ3n) is 2.96. The number of nitrogens with one attached hydrogen (secondary N) is 3. The molecule has 124 valence electrons. The van der Waals surface area contributed by atoms with E-state index in [1.807, 2.05) is 59.0 Å². The van der Waals surface area contributed by atoms with Crippen molar-refractivity contribution in [3.05, 3.63) is 29.3 Å². The first kappa shape index (κ1) is 18.5. The zero-order valence-electron chi connectivity index (χ0n) is 14.7. The van der Waals surface area contributed by atoms with Gasteiger partial charge in [-0.25, -0.2) is 4.99 Å². The summed E-state index contributed by atoms with van der Waals surface area (Å²) in [7, 11) is 0. The molecule has 0 saturated carbocycles. The van der Waals surface area contributed by atoms with Crippen molar-refractivity contribution in [3.63, 3.8) is 0 Å². The van der Waals surface area contributed by atoms with Gasteiger partial charge < -0.3 is 10.6 Å². The van der Waals surface area contributed by atoms with Crippen LogP contribution in [0.1, 0.15) is 38.8 Å². The van der Waals surface area contributed by atoms with Crippen molar-refractivity contribution < 1.29 is 0 Å². The van der Waals surface area contributed by atoms with Crippen molar-refractivity contribution in [2.45, 2.75) is 53.6 Å². The van der Waals surface area contributed by atoms with Gasteiger partial charge in [0, 0.05) is 17.8 Å². The average molecular weight is 314 g/mol. The molecule has 6 nitrogen and oxygen atoms in total. The van der Waals surface area contributed by atoms with Gasteiger partial charge in [0.2, 0.25) is 11.9 Å². The predicted molar refractivity (Wildman–Crippen MR) is 96.6 cm³/mol. The maximum absolute atomic E-state index is 8.95. The Morgan fingerprint density at radius 2 is 1.83 bits per heavy atom. The lowest BCUT2D eigenvalue weighted by Gasteiger charge is -2.13. The Morgan fingerprint density at radius 1 is 1.13 bits per heavy atom. The molecule has 0 radical (unpaired) electrons. The van der Waals surface area contributed by atoms with E-state index < -0.39 is 0 Å². The summed E-state index contributed by atoms with van der Waals surface area (Å²) in [6, 6.07) is 6.29. The Hall–Kier alpha value is -2.55. The molecule has 3 N–H and O–H groups in total. The van der Waals surface area contributed by atoms with Crippen LogP contribution in [-0.2, 0) is 0 Å². The van der Waals surface area contributed by atoms with Crippen molar-refractivity contribution in [1.82, 2.24) is 10.6 Å². The second-order valence-electron chi connectivity index (χ2n) is 5.97. The SMILES string of the molecule is Cc1ccc(NC(=NC(=NC(C)C)NC(C)C)NC#N)cc1C. The first-order chi connectivity index (χ1) is 10.8. The molecular weight excluding hydrogens is 288 g/mol. The Kier molecular flexibility index (Phi) is 7.07. The van der Waals surface area contributed by atoms with Crippen LogP contribution < -0.4 is 16.0 Å². The fourth-order valence-corrected chi connectivity index (χ4v) is 1.80. The summed E-state index contributed by atoms with van der Waals surface area (Å²) >= 11 is 0. The summed E-state index contributed by atoms with van der Waals surface area (Å²) in [6.45, 7) is 12.1. The Balaban J connectivity index is 3.06. The van der Waals surface area contributed by atoms with Gasteiger partial charge in [0.25, 0.3) is 0 Å². The maximum atomic E-state index is 8.95. The van der Waals surface area contributed by atoms with E-state index in [0.717, 1.165) is 5.69 Å². The second-order valence-corrected chi connectivity index (χ2v) is 5.97. The smallest absolute Gasteiger partial charge is 0.221 e. The van der Waals surface area contributed by atoms with E-state index in [0.29, 0.717) is 11.9 Å². The van der Waals surface area contributed by atoms with E-state index >= 15 is 0 Å². The molecule has 0 amide bonds. The number of anilines is 1. The molecule has 0 bridgehead atoms. The summed E-state index contributed by atoms with van der Waals surface area (Å²) in [4.78, 5) is 8.85. The Bertz CT molecular complexity index is 622. The molecule has 1 aromatic carbocycles. The minimum absolute atomic E-state index is 0.102. The predicted octanol–water partition coefficient (Wildman–Crippen LogP) is 2.90. The van der Waals surface area contributed by atoms with Gasteiger partial charge in [-0.15, -0.1) is 0 Å². The molecule has 6 heteroatoms. The molecule has 0 aromatic heterocycles. The van der Waals surface area contributed by atoms with Gasteiger partial charge in [0.05, 0.1) is 0 Å². The third kappa shape index (κ3) is 6.83. The van der Waals surface area contributed by atoms with E-state index in [2.05, 4.69) is 32.9 Å².